The maximum atomic E-state index is 12.4. The molecule has 1 N–H and O–H groups in total. The molecule has 0 spiro atoms. The highest BCUT2D eigenvalue weighted by Gasteiger charge is 2.18. The van der Waals surface area contributed by atoms with Crippen LogP contribution in [0.3, 0.4) is 0 Å². The maximum Gasteiger partial charge on any atom is 0.223 e. The smallest absolute Gasteiger partial charge is 0.223 e. The summed E-state index contributed by atoms with van der Waals surface area (Å²) in [6, 6.07) is 6.53. The predicted octanol–water partition coefficient (Wildman–Crippen LogP) is 2.62. The second-order valence-corrected chi connectivity index (χ2v) is 5.93. The molecule has 1 unspecified atom stereocenters. The summed E-state index contributed by atoms with van der Waals surface area (Å²) in [6.07, 6.45) is 1.67. The number of hydrogen-bond acceptors (Lipinski definition) is 2. The zero-order chi connectivity index (χ0) is 14.5. The topological polar surface area (TPSA) is 32.3 Å². The Morgan fingerprint density at radius 2 is 2.05 bits per heavy atom. The van der Waals surface area contributed by atoms with E-state index in [1.165, 1.54) is 16.7 Å². The number of hydrogen-bond donors (Lipinski definition) is 1. The molecule has 1 saturated heterocycles. The average molecular weight is 274 g/mol. The van der Waals surface area contributed by atoms with Crippen molar-refractivity contribution in [2.24, 2.45) is 0 Å². The molecule has 1 aliphatic heterocycles. The molecule has 1 atom stereocenters. The first-order valence-electron chi connectivity index (χ1n) is 7.63. The Morgan fingerprint density at radius 3 is 2.80 bits per heavy atom. The van der Waals surface area contributed by atoms with Gasteiger partial charge in [-0.3, -0.25) is 4.79 Å². The lowest BCUT2D eigenvalue weighted by molar-refractivity contribution is -0.131. The highest BCUT2D eigenvalue weighted by atomic mass is 16.2. The SMILES string of the molecule is Cc1ccc(C(C)CC(=O)N2CCCNCC2)cc1C. The molecule has 1 aromatic rings. The first kappa shape index (κ1) is 15.0. The van der Waals surface area contributed by atoms with Crippen LogP contribution in [0.15, 0.2) is 18.2 Å². The van der Waals surface area contributed by atoms with Crippen LogP contribution in [0, 0.1) is 13.8 Å². The molecule has 0 saturated carbocycles. The maximum absolute atomic E-state index is 12.4. The van der Waals surface area contributed by atoms with Crippen molar-refractivity contribution < 1.29 is 4.79 Å². The normalized spacial score (nSPS) is 17.6. The first-order chi connectivity index (χ1) is 9.58. The number of carbonyl (C=O) groups excluding carboxylic acids is 1. The van der Waals surface area contributed by atoms with Gasteiger partial charge in [-0.25, -0.2) is 0 Å². The summed E-state index contributed by atoms with van der Waals surface area (Å²) in [5, 5.41) is 3.34. The Hall–Kier alpha value is -1.35. The molecule has 1 aliphatic rings. The standard InChI is InChI=1S/C17H26N2O/c1-13-5-6-16(11-14(13)2)15(3)12-17(20)19-9-4-7-18-8-10-19/h5-6,11,15,18H,4,7-10,12H2,1-3H3. The van der Waals surface area contributed by atoms with Gasteiger partial charge in [-0.1, -0.05) is 25.1 Å². The minimum absolute atomic E-state index is 0.290. The zero-order valence-electron chi connectivity index (χ0n) is 12.9. The Morgan fingerprint density at radius 1 is 1.25 bits per heavy atom. The van der Waals surface area contributed by atoms with Gasteiger partial charge in [0.2, 0.25) is 5.91 Å². The third-order valence-electron chi connectivity index (χ3n) is 4.27. The van der Waals surface area contributed by atoms with E-state index in [9.17, 15) is 4.79 Å². The fourth-order valence-corrected chi connectivity index (χ4v) is 2.68. The van der Waals surface area contributed by atoms with Crippen molar-refractivity contribution in [3.05, 3.63) is 34.9 Å². The van der Waals surface area contributed by atoms with Gasteiger partial charge >= 0.3 is 0 Å². The Labute approximate surface area is 122 Å². The van der Waals surface area contributed by atoms with Crippen LogP contribution >= 0.6 is 0 Å². The molecule has 1 fully saturated rings. The van der Waals surface area contributed by atoms with Gasteiger partial charge < -0.3 is 10.2 Å². The summed E-state index contributed by atoms with van der Waals surface area (Å²) in [5.41, 5.74) is 3.89. The predicted molar refractivity (Wildman–Crippen MR) is 83.0 cm³/mol. The van der Waals surface area contributed by atoms with Crippen molar-refractivity contribution >= 4 is 5.91 Å². The van der Waals surface area contributed by atoms with Crippen molar-refractivity contribution in [3.63, 3.8) is 0 Å². The zero-order valence-corrected chi connectivity index (χ0v) is 12.9. The van der Waals surface area contributed by atoms with Gasteiger partial charge in [0.25, 0.3) is 0 Å². The lowest BCUT2D eigenvalue weighted by Crippen LogP contribution is -2.34. The summed E-state index contributed by atoms with van der Waals surface area (Å²) in [6.45, 7) is 10.1. The van der Waals surface area contributed by atoms with Gasteiger partial charge in [0.1, 0.15) is 0 Å². The van der Waals surface area contributed by atoms with E-state index in [2.05, 4.69) is 44.3 Å². The van der Waals surface area contributed by atoms with Crippen molar-refractivity contribution in [2.45, 2.75) is 39.5 Å². The monoisotopic (exact) mass is 274 g/mol. The second-order valence-electron chi connectivity index (χ2n) is 5.93. The third-order valence-corrected chi connectivity index (χ3v) is 4.27. The van der Waals surface area contributed by atoms with Crippen molar-refractivity contribution in [2.75, 3.05) is 26.2 Å². The molecule has 0 aliphatic carbocycles. The lowest BCUT2D eigenvalue weighted by Gasteiger charge is -2.22. The van der Waals surface area contributed by atoms with E-state index in [4.69, 9.17) is 0 Å². The highest BCUT2D eigenvalue weighted by molar-refractivity contribution is 5.77. The third kappa shape index (κ3) is 3.83. The van der Waals surface area contributed by atoms with E-state index in [0.717, 1.165) is 32.6 Å². The highest BCUT2D eigenvalue weighted by Crippen LogP contribution is 2.22. The fourth-order valence-electron chi connectivity index (χ4n) is 2.68. The summed E-state index contributed by atoms with van der Waals surface area (Å²) in [4.78, 5) is 14.4. The van der Waals surface area contributed by atoms with E-state index in [0.29, 0.717) is 12.3 Å². The molecule has 3 heteroatoms. The Balaban J connectivity index is 1.97. The molecule has 110 valence electrons. The van der Waals surface area contributed by atoms with Crippen LogP contribution in [0.4, 0.5) is 0 Å². The van der Waals surface area contributed by atoms with Crippen LogP contribution in [0.1, 0.15) is 42.4 Å². The van der Waals surface area contributed by atoms with Gasteiger partial charge in [-0.05, 0) is 49.4 Å². The van der Waals surface area contributed by atoms with Gasteiger partial charge in [0.05, 0.1) is 0 Å². The first-order valence-corrected chi connectivity index (χ1v) is 7.63. The summed E-state index contributed by atoms with van der Waals surface area (Å²) >= 11 is 0. The van der Waals surface area contributed by atoms with E-state index >= 15 is 0 Å². The molecule has 1 aromatic carbocycles. The van der Waals surface area contributed by atoms with E-state index in [1.807, 2.05) is 4.90 Å². The van der Waals surface area contributed by atoms with Crippen LogP contribution in [0.25, 0.3) is 0 Å². The van der Waals surface area contributed by atoms with E-state index < -0.39 is 0 Å². The minimum atomic E-state index is 0.290. The van der Waals surface area contributed by atoms with E-state index in [1.54, 1.807) is 0 Å². The molecule has 3 nitrogen and oxygen atoms in total. The van der Waals surface area contributed by atoms with Crippen LogP contribution in [-0.4, -0.2) is 37.0 Å². The lowest BCUT2D eigenvalue weighted by atomic mass is 9.94. The Kier molecular flexibility index (Phi) is 5.18. The molecule has 0 aromatic heterocycles. The number of aryl methyl sites for hydroxylation is 2. The summed E-state index contributed by atoms with van der Waals surface area (Å²) in [5.74, 6) is 0.581. The minimum Gasteiger partial charge on any atom is -0.341 e. The second kappa shape index (κ2) is 6.89. The van der Waals surface area contributed by atoms with Crippen molar-refractivity contribution in [1.29, 1.82) is 0 Å². The number of nitrogens with zero attached hydrogens (tertiary/aromatic N) is 1. The van der Waals surface area contributed by atoms with Gasteiger partial charge in [0.15, 0.2) is 0 Å². The summed E-state index contributed by atoms with van der Waals surface area (Å²) in [7, 11) is 0. The number of benzene rings is 1. The molecule has 1 amide bonds. The molecule has 0 bridgehead atoms. The van der Waals surface area contributed by atoms with Gasteiger partial charge in [0, 0.05) is 26.1 Å². The van der Waals surface area contributed by atoms with Crippen molar-refractivity contribution in [3.8, 4) is 0 Å². The van der Waals surface area contributed by atoms with Gasteiger partial charge in [-0.2, -0.15) is 0 Å². The van der Waals surface area contributed by atoms with E-state index in [-0.39, 0.29) is 5.92 Å². The molecule has 2 rings (SSSR count). The number of rotatable bonds is 3. The molecule has 20 heavy (non-hydrogen) atoms. The molecule has 1 heterocycles. The average Bonchev–Trinajstić information content (AvgIpc) is 2.70. The fraction of sp³-hybridized carbons (Fsp3) is 0.588. The van der Waals surface area contributed by atoms with Crippen LogP contribution in [0.5, 0.6) is 0 Å². The summed E-state index contributed by atoms with van der Waals surface area (Å²) < 4.78 is 0. The Bertz CT molecular complexity index is 462. The molecular formula is C17H26N2O. The number of nitrogens with one attached hydrogen (secondary N) is 1. The number of carbonyl (C=O) groups is 1. The van der Waals surface area contributed by atoms with Crippen molar-refractivity contribution in [1.82, 2.24) is 10.2 Å². The number of amides is 1. The quantitative estimate of drug-likeness (QED) is 0.919. The largest absolute Gasteiger partial charge is 0.341 e. The van der Waals surface area contributed by atoms with Crippen LogP contribution < -0.4 is 5.32 Å². The molecule has 0 radical (unpaired) electrons. The van der Waals surface area contributed by atoms with Gasteiger partial charge in [-0.15, -0.1) is 0 Å². The van der Waals surface area contributed by atoms with Crippen LogP contribution in [-0.2, 0) is 4.79 Å². The van der Waals surface area contributed by atoms with Crippen LogP contribution in [0.2, 0.25) is 0 Å². The molecular weight excluding hydrogens is 248 g/mol.